The van der Waals surface area contributed by atoms with E-state index in [1.54, 1.807) is 10.9 Å². The fraction of sp³-hybridized carbons (Fsp3) is 0.190. The summed E-state index contributed by atoms with van der Waals surface area (Å²) in [6, 6.07) is 12.0. The van der Waals surface area contributed by atoms with Crippen molar-refractivity contribution >= 4 is 45.0 Å². The van der Waals surface area contributed by atoms with Gasteiger partial charge in [0, 0.05) is 4.88 Å². The van der Waals surface area contributed by atoms with Gasteiger partial charge in [0.15, 0.2) is 5.65 Å². The molecular weight excluding hydrogens is 416 g/mol. The molecule has 0 radical (unpaired) electrons. The largest absolute Gasteiger partial charge is 0.316 e. The van der Waals surface area contributed by atoms with Gasteiger partial charge in [-0.2, -0.15) is 10.4 Å². The van der Waals surface area contributed by atoms with E-state index in [-0.39, 0.29) is 11.7 Å². The molecule has 0 saturated carbocycles. The summed E-state index contributed by atoms with van der Waals surface area (Å²) in [6.07, 6.45) is 6.20. The third kappa shape index (κ3) is 3.34. The van der Waals surface area contributed by atoms with Gasteiger partial charge in [-0.3, -0.25) is 4.79 Å². The summed E-state index contributed by atoms with van der Waals surface area (Å²) >= 11 is 2.86. The molecule has 0 saturated heterocycles. The number of hydrogen-bond acceptors (Lipinski definition) is 7. The highest BCUT2D eigenvalue weighted by Gasteiger charge is 2.23. The minimum Gasteiger partial charge on any atom is -0.316 e. The van der Waals surface area contributed by atoms with E-state index in [1.165, 1.54) is 34.3 Å². The molecule has 30 heavy (non-hydrogen) atoms. The topological polar surface area (TPSA) is 96.5 Å². The molecule has 4 aromatic rings. The van der Waals surface area contributed by atoms with Crippen LogP contribution >= 0.6 is 23.1 Å². The smallest absolute Gasteiger partial charge is 0.235 e. The summed E-state index contributed by atoms with van der Waals surface area (Å²) in [4.78, 5) is 22.5. The number of thiophene rings is 1. The number of fused-ring (bicyclic) bond motifs is 2. The maximum absolute atomic E-state index is 12.5. The summed E-state index contributed by atoms with van der Waals surface area (Å²) in [5.41, 5.74) is 3.34. The summed E-state index contributed by atoms with van der Waals surface area (Å²) in [5.74, 6) is 0.0365. The maximum atomic E-state index is 12.5. The van der Waals surface area contributed by atoms with Crippen molar-refractivity contribution in [1.29, 1.82) is 5.26 Å². The average Bonchev–Trinajstić information content (AvgIpc) is 3.47. The Bertz CT molecular complexity index is 1290. The summed E-state index contributed by atoms with van der Waals surface area (Å²) < 4.78 is 1.76. The van der Waals surface area contributed by atoms with Crippen LogP contribution < -0.4 is 5.32 Å². The minimum absolute atomic E-state index is 0.154. The molecular formula is C21H16N6OS2. The van der Waals surface area contributed by atoms with Crippen molar-refractivity contribution in [3.05, 3.63) is 58.9 Å². The molecule has 3 heterocycles. The lowest BCUT2D eigenvalue weighted by atomic mass is 10.1. The van der Waals surface area contributed by atoms with Gasteiger partial charge in [0.25, 0.3) is 0 Å². The zero-order valence-electron chi connectivity index (χ0n) is 15.8. The number of carbonyl (C=O) groups excluding carboxylic acids is 1. The van der Waals surface area contributed by atoms with Crippen LogP contribution in [0.1, 0.15) is 22.4 Å². The SMILES string of the molecule is N#Cc1c(NC(=O)CSc2ncnc3c2cnn3-c2ccccc2)sc2c1CCC2. The first-order valence-electron chi connectivity index (χ1n) is 9.46. The van der Waals surface area contributed by atoms with E-state index >= 15 is 0 Å². The quantitative estimate of drug-likeness (QED) is 0.379. The summed E-state index contributed by atoms with van der Waals surface area (Å²) in [5, 5.41) is 19.0. The Morgan fingerprint density at radius 2 is 2.13 bits per heavy atom. The van der Waals surface area contributed by atoms with Crippen LogP contribution in [-0.4, -0.2) is 31.4 Å². The van der Waals surface area contributed by atoms with Gasteiger partial charge in [-0.15, -0.1) is 11.3 Å². The normalized spacial score (nSPS) is 12.6. The standard InChI is InChI=1S/C21H16N6OS2/c22-9-15-14-7-4-8-17(14)30-21(15)26-18(28)11-29-20-16-10-25-27(19(16)23-12-24-20)13-5-2-1-3-6-13/h1-3,5-6,10,12H,4,7-8,11H2,(H,26,28). The number of benzene rings is 1. The molecule has 0 atom stereocenters. The van der Waals surface area contributed by atoms with E-state index < -0.39 is 0 Å². The Hall–Kier alpha value is -3.22. The molecule has 0 unspecified atom stereocenters. The highest BCUT2D eigenvalue weighted by atomic mass is 32.2. The lowest BCUT2D eigenvalue weighted by Crippen LogP contribution is -2.14. The van der Waals surface area contributed by atoms with E-state index in [1.807, 2.05) is 30.3 Å². The Labute approximate surface area is 180 Å². The fourth-order valence-electron chi connectivity index (χ4n) is 3.60. The first-order chi connectivity index (χ1) is 14.7. The molecule has 1 aliphatic carbocycles. The van der Waals surface area contributed by atoms with E-state index in [2.05, 4.69) is 26.5 Å². The van der Waals surface area contributed by atoms with Gasteiger partial charge in [0.05, 0.1) is 28.6 Å². The predicted octanol–water partition coefficient (Wildman–Crippen LogP) is 3.97. The van der Waals surface area contributed by atoms with Crippen LogP contribution in [0.25, 0.3) is 16.7 Å². The zero-order chi connectivity index (χ0) is 20.5. The van der Waals surface area contributed by atoms with Crippen molar-refractivity contribution in [2.45, 2.75) is 24.3 Å². The number of nitriles is 1. The summed E-state index contributed by atoms with van der Waals surface area (Å²) in [7, 11) is 0. The number of thioether (sulfide) groups is 1. The van der Waals surface area contributed by atoms with Crippen LogP contribution in [0.2, 0.25) is 0 Å². The Morgan fingerprint density at radius 1 is 1.27 bits per heavy atom. The molecule has 148 valence electrons. The number of rotatable bonds is 5. The second kappa shape index (κ2) is 7.89. The second-order valence-corrected chi connectivity index (χ2v) is 8.89. The van der Waals surface area contributed by atoms with Crippen molar-refractivity contribution in [1.82, 2.24) is 19.7 Å². The minimum atomic E-state index is -0.154. The molecule has 1 aromatic carbocycles. The van der Waals surface area contributed by atoms with Gasteiger partial charge in [-0.25, -0.2) is 14.6 Å². The fourth-order valence-corrected chi connectivity index (χ4v) is 5.62. The number of anilines is 1. The number of hydrogen-bond donors (Lipinski definition) is 1. The summed E-state index contributed by atoms with van der Waals surface area (Å²) in [6.45, 7) is 0. The molecule has 0 bridgehead atoms. The molecule has 9 heteroatoms. The number of carbonyl (C=O) groups is 1. The zero-order valence-corrected chi connectivity index (χ0v) is 17.5. The molecule has 0 fully saturated rings. The van der Waals surface area contributed by atoms with Gasteiger partial charge in [-0.1, -0.05) is 30.0 Å². The Balaban J connectivity index is 1.33. The van der Waals surface area contributed by atoms with Crippen molar-refractivity contribution in [3.8, 4) is 11.8 Å². The average molecular weight is 433 g/mol. The van der Waals surface area contributed by atoms with E-state index in [9.17, 15) is 10.1 Å². The van der Waals surface area contributed by atoms with Crippen LogP contribution in [-0.2, 0) is 17.6 Å². The van der Waals surface area contributed by atoms with Crippen LogP contribution in [0, 0.1) is 11.3 Å². The monoisotopic (exact) mass is 432 g/mol. The van der Waals surface area contributed by atoms with Crippen LogP contribution in [0.4, 0.5) is 5.00 Å². The lowest BCUT2D eigenvalue weighted by molar-refractivity contribution is -0.113. The number of para-hydroxylation sites is 1. The predicted molar refractivity (Wildman–Crippen MR) is 117 cm³/mol. The third-order valence-electron chi connectivity index (χ3n) is 4.96. The Kier molecular flexibility index (Phi) is 4.94. The van der Waals surface area contributed by atoms with Gasteiger partial charge in [0.1, 0.15) is 22.4 Å². The first kappa shape index (κ1) is 18.8. The van der Waals surface area contributed by atoms with Crippen molar-refractivity contribution in [2.24, 2.45) is 0 Å². The molecule has 0 spiro atoms. The molecule has 0 aliphatic heterocycles. The van der Waals surface area contributed by atoms with Crippen molar-refractivity contribution in [2.75, 3.05) is 11.1 Å². The molecule has 1 aliphatic rings. The van der Waals surface area contributed by atoms with Gasteiger partial charge in [-0.05, 0) is 37.0 Å². The van der Waals surface area contributed by atoms with E-state index in [0.717, 1.165) is 35.9 Å². The van der Waals surface area contributed by atoms with E-state index in [4.69, 9.17) is 0 Å². The third-order valence-corrected chi connectivity index (χ3v) is 7.17. The highest BCUT2D eigenvalue weighted by molar-refractivity contribution is 8.00. The van der Waals surface area contributed by atoms with Gasteiger partial charge < -0.3 is 5.32 Å². The van der Waals surface area contributed by atoms with Gasteiger partial charge >= 0.3 is 0 Å². The number of aromatic nitrogens is 4. The van der Waals surface area contributed by atoms with Crippen LogP contribution in [0.5, 0.6) is 0 Å². The Morgan fingerprint density at radius 3 is 2.97 bits per heavy atom. The number of nitrogens with one attached hydrogen (secondary N) is 1. The first-order valence-corrected chi connectivity index (χ1v) is 11.3. The molecule has 5 rings (SSSR count). The molecule has 1 amide bonds. The maximum Gasteiger partial charge on any atom is 0.235 e. The number of amides is 1. The van der Waals surface area contributed by atoms with Crippen LogP contribution in [0.15, 0.2) is 47.9 Å². The molecule has 1 N–H and O–H groups in total. The number of aryl methyl sites for hydroxylation is 1. The van der Waals surface area contributed by atoms with E-state index in [0.29, 0.717) is 21.2 Å². The van der Waals surface area contributed by atoms with Crippen molar-refractivity contribution < 1.29 is 4.79 Å². The molecule has 3 aromatic heterocycles. The second-order valence-electron chi connectivity index (χ2n) is 6.82. The number of nitrogens with zero attached hydrogens (tertiary/aromatic N) is 5. The molecule has 7 nitrogen and oxygen atoms in total. The van der Waals surface area contributed by atoms with Crippen LogP contribution in [0.3, 0.4) is 0 Å². The highest BCUT2D eigenvalue weighted by Crippen LogP contribution is 2.38. The lowest BCUT2D eigenvalue weighted by Gasteiger charge is -2.05. The van der Waals surface area contributed by atoms with Crippen molar-refractivity contribution in [3.63, 3.8) is 0 Å². The van der Waals surface area contributed by atoms with Gasteiger partial charge in [0.2, 0.25) is 5.91 Å².